The lowest BCUT2D eigenvalue weighted by Crippen LogP contribution is -2.37. The highest BCUT2D eigenvalue weighted by molar-refractivity contribution is 7.99. The molecule has 3 rings (SSSR count). The van der Waals surface area contributed by atoms with Crippen LogP contribution in [0.25, 0.3) is 11.1 Å². The Balaban J connectivity index is 0.000000798. The molecule has 1 amide bonds. The van der Waals surface area contributed by atoms with Gasteiger partial charge in [0, 0.05) is 25.4 Å². The van der Waals surface area contributed by atoms with E-state index in [-0.39, 0.29) is 17.6 Å². The number of nitrogens with zero attached hydrogens (tertiary/aromatic N) is 1. The summed E-state index contributed by atoms with van der Waals surface area (Å²) in [6.45, 7) is 10.8. The Morgan fingerprint density at radius 2 is 1.74 bits per heavy atom. The quantitative estimate of drug-likeness (QED) is 0.208. The molecule has 0 saturated heterocycles. The van der Waals surface area contributed by atoms with Crippen LogP contribution in [-0.4, -0.2) is 54.6 Å². The third-order valence-corrected chi connectivity index (χ3v) is 8.38. The van der Waals surface area contributed by atoms with Gasteiger partial charge in [-0.25, -0.2) is 4.79 Å². The van der Waals surface area contributed by atoms with Gasteiger partial charge in [-0.15, -0.1) is 0 Å². The van der Waals surface area contributed by atoms with Crippen molar-refractivity contribution in [2.45, 2.75) is 91.3 Å². The zero-order chi connectivity index (χ0) is 28.8. The molecule has 0 aromatic heterocycles. The first kappa shape index (κ1) is 32.9. The minimum absolute atomic E-state index is 0.0417. The first-order chi connectivity index (χ1) is 18.6. The van der Waals surface area contributed by atoms with Crippen molar-refractivity contribution in [3.63, 3.8) is 0 Å². The van der Waals surface area contributed by atoms with E-state index in [9.17, 15) is 9.59 Å². The molecule has 0 aliphatic heterocycles. The minimum Gasteiger partial charge on any atom is -0.465 e. The molecule has 0 spiro atoms. The van der Waals surface area contributed by atoms with Gasteiger partial charge in [-0.3, -0.25) is 4.79 Å². The monoisotopic (exact) mass is 555 g/mol. The third kappa shape index (κ3) is 11.0. The molecule has 2 aromatic carbocycles. The number of hydrogen-bond acceptors (Lipinski definition) is 5. The number of benzene rings is 2. The van der Waals surface area contributed by atoms with Gasteiger partial charge in [0.2, 0.25) is 6.41 Å². The standard InChI is InChI=1S/C28H37NO3S.C5H12O/c1-4-33-19-24(16-22-11-6-5-7-12-22)29(20-30)18-23-14-15-26(28(31)32-3)27(17-23)25-13-9-8-10-21(25)2;1-5(2,3)6-4/h8-10,13-15,17,20,22,24H,4-7,11-12,16,18-19H2,1-3H3;1-4H3/t24-;/m0./s1. The van der Waals surface area contributed by atoms with Crippen molar-refractivity contribution < 1.29 is 19.1 Å². The van der Waals surface area contributed by atoms with Crippen molar-refractivity contribution in [3.8, 4) is 11.1 Å². The highest BCUT2D eigenvalue weighted by Gasteiger charge is 2.24. The summed E-state index contributed by atoms with van der Waals surface area (Å²) in [5.41, 5.74) is 4.59. The molecule has 0 heterocycles. The molecular formula is C33H49NO4S. The van der Waals surface area contributed by atoms with E-state index in [0.29, 0.717) is 18.0 Å². The SMILES string of the molecule is CCSC[C@H](CC1CCCCC1)N(C=O)Cc1ccc(C(=O)OC)c(-c2ccccc2C)c1.COC(C)(C)C. The molecule has 0 radical (unpaired) electrons. The smallest absolute Gasteiger partial charge is 0.338 e. The summed E-state index contributed by atoms with van der Waals surface area (Å²) < 4.78 is 9.98. The molecule has 1 saturated carbocycles. The van der Waals surface area contributed by atoms with E-state index in [0.717, 1.165) is 46.6 Å². The van der Waals surface area contributed by atoms with Gasteiger partial charge in [0.05, 0.1) is 18.3 Å². The van der Waals surface area contributed by atoms with Gasteiger partial charge >= 0.3 is 5.97 Å². The van der Waals surface area contributed by atoms with Gasteiger partial charge in [0.25, 0.3) is 0 Å². The largest absolute Gasteiger partial charge is 0.465 e. The average Bonchev–Trinajstić information content (AvgIpc) is 2.94. The van der Waals surface area contributed by atoms with Crippen LogP contribution in [0.4, 0.5) is 0 Å². The van der Waals surface area contributed by atoms with E-state index in [4.69, 9.17) is 9.47 Å². The number of thioether (sulfide) groups is 1. The lowest BCUT2D eigenvalue weighted by atomic mass is 9.85. The second kappa shape index (κ2) is 16.7. The second-order valence-corrected chi connectivity index (χ2v) is 12.7. The Kier molecular flexibility index (Phi) is 14.1. The van der Waals surface area contributed by atoms with Crippen LogP contribution in [0, 0.1) is 12.8 Å². The first-order valence-electron chi connectivity index (χ1n) is 14.2. The van der Waals surface area contributed by atoms with Crippen LogP contribution in [0.2, 0.25) is 0 Å². The van der Waals surface area contributed by atoms with Crippen molar-refractivity contribution in [1.29, 1.82) is 0 Å². The molecule has 2 aromatic rings. The maximum atomic E-state index is 12.5. The molecule has 1 atom stereocenters. The molecule has 1 aliphatic carbocycles. The number of carbonyl (C=O) groups excluding carboxylic acids is 2. The number of rotatable bonds is 11. The van der Waals surface area contributed by atoms with Crippen LogP contribution < -0.4 is 0 Å². The highest BCUT2D eigenvalue weighted by Crippen LogP contribution is 2.32. The van der Waals surface area contributed by atoms with E-state index >= 15 is 0 Å². The van der Waals surface area contributed by atoms with Gasteiger partial charge in [0.15, 0.2) is 0 Å². The molecular weight excluding hydrogens is 506 g/mol. The lowest BCUT2D eigenvalue weighted by molar-refractivity contribution is -0.120. The van der Waals surface area contributed by atoms with Gasteiger partial charge in [-0.1, -0.05) is 69.4 Å². The fourth-order valence-electron chi connectivity index (χ4n) is 4.90. The van der Waals surface area contributed by atoms with Crippen LogP contribution in [0.3, 0.4) is 0 Å². The molecule has 1 fully saturated rings. The molecule has 0 N–H and O–H groups in total. The summed E-state index contributed by atoms with van der Waals surface area (Å²) >= 11 is 1.91. The van der Waals surface area contributed by atoms with Crippen molar-refractivity contribution in [1.82, 2.24) is 4.90 Å². The first-order valence-corrected chi connectivity index (χ1v) is 15.4. The molecule has 216 valence electrons. The van der Waals surface area contributed by atoms with Gasteiger partial charge < -0.3 is 14.4 Å². The van der Waals surface area contributed by atoms with E-state index in [1.165, 1.54) is 39.2 Å². The predicted octanol–water partition coefficient (Wildman–Crippen LogP) is 7.93. The number of amides is 1. The fourth-order valence-corrected chi connectivity index (χ4v) is 5.73. The number of esters is 1. The van der Waals surface area contributed by atoms with Gasteiger partial charge in [-0.2, -0.15) is 11.8 Å². The summed E-state index contributed by atoms with van der Waals surface area (Å²) in [5.74, 6) is 2.39. The van der Waals surface area contributed by atoms with Crippen molar-refractivity contribution in [2.24, 2.45) is 5.92 Å². The van der Waals surface area contributed by atoms with E-state index in [1.54, 1.807) is 7.11 Å². The molecule has 6 heteroatoms. The summed E-state index contributed by atoms with van der Waals surface area (Å²) in [6.07, 6.45) is 8.64. The van der Waals surface area contributed by atoms with Crippen molar-refractivity contribution in [3.05, 3.63) is 59.2 Å². The van der Waals surface area contributed by atoms with Crippen LogP contribution in [-0.2, 0) is 20.8 Å². The maximum absolute atomic E-state index is 12.5. The summed E-state index contributed by atoms with van der Waals surface area (Å²) in [5, 5.41) is 0. The van der Waals surface area contributed by atoms with E-state index in [1.807, 2.05) is 80.8 Å². The van der Waals surface area contributed by atoms with Crippen LogP contribution in [0.15, 0.2) is 42.5 Å². The molecule has 39 heavy (non-hydrogen) atoms. The topological polar surface area (TPSA) is 55.8 Å². The Labute approximate surface area is 241 Å². The maximum Gasteiger partial charge on any atom is 0.338 e. The minimum atomic E-state index is -0.346. The normalized spacial score (nSPS) is 14.6. The van der Waals surface area contributed by atoms with Crippen LogP contribution in [0.5, 0.6) is 0 Å². The lowest BCUT2D eigenvalue weighted by Gasteiger charge is -2.33. The molecule has 0 bridgehead atoms. The summed E-state index contributed by atoms with van der Waals surface area (Å²) in [4.78, 5) is 26.7. The van der Waals surface area contributed by atoms with Gasteiger partial charge in [-0.05, 0) is 80.2 Å². The highest BCUT2D eigenvalue weighted by atomic mass is 32.2. The second-order valence-electron chi connectivity index (χ2n) is 11.3. The fraction of sp³-hybridized carbons (Fsp3) is 0.576. The summed E-state index contributed by atoms with van der Waals surface area (Å²) in [7, 11) is 3.12. The molecule has 0 unspecified atom stereocenters. The number of hydrogen-bond donors (Lipinski definition) is 0. The number of methoxy groups -OCH3 is 2. The zero-order valence-electron chi connectivity index (χ0n) is 25.1. The Morgan fingerprint density at radius 1 is 1.08 bits per heavy atom. The Bertz CT molecular complexity index is 1030. The number of carbonyl (C=O) groups is 2. The van der Waals surface area contributed by atoms with E-state index in [2.05, 4.69) is 13.0 Å². The van der Waals surface area contributed by atoms with Crippen molar-refractivity contribution >= 4 is 24.1 Å². The average molecular weight is 556 g/mol. The molecule has 5 nitrogen and oxygen atoms in total. The van der Waals surface area contributed by atoms with Crippen LogP contribution >= 0.6 is 11.8 Å². The van der Waals surface area contributed by atoms with E-state index < -0.39 is 0 Å². The molecule has 1 aliphatic rings. The third-order valence-electron chi connectivity index (χ3n) is 7.35. The Hall–Kier alpha value is -2.31. The van der Waals surface area contributed by atoms with Crippen molar-refractivity contribution in [2.75, 3.05) is 25.7 Å². The van der Waals surface area contributed by atoms with Gasteiger partial charge in [0.1, 0.15) is 0 Å². The predicted molar refractivity (Wildman–Crippen MR) is 164 cm³/mol. The number of aryl methyl sites for hydroxylation is 1. The Morgan fingerprint density at radius 3 is 2.31 bits per heavy atom. The number of ether oxygens (including phenoxy) is 2. The van der Waals surface area contributed by atoms with Crippen LogP contribution in [0.1, 0.15) is 87.7 Å². The zero-order valence-corrected chi connectivity index (χ0v) is 25.9. The summed E-state index contributed by atoms with van der Waals surface area (Å²) in [6, 6.07) is 14.1.